The normalized spacial score (nSPS) is 21.4. The van der Waals surface area contributed by atoms with E-state index < -0.39 is 0 Å². The maximum absolute atomic E-state index is 14.0. The molecule has 1 aliphatic carbocycles. The fourth-order valence-corrected chi connectivity index (χ4v) is 2.93. The number of aromatic nitrogens is 2. The van der Waals surface area contributed by atoms with Gasteiger partial charge in [0, 0.05) is 17.7 Å². The van der Waals surface area contributed by atoms with Gasteiger partial charge in [0.15, 0.2) is 0 Å². The van der Waals surface area contributed by atoms with Gasteiger partial charge in [-0.25, -0.2) is 14.4 Å². The Balaban J connectivity index is 2.02. The minimum absolute atomic E-state index is 0.0315. The second kappa shape index (κ2) is 5.47. The number of hydrogen-bond acceptors (Lipinski definition) is 5. The van der Waals surface area contributed by atoms with E-state index >= 15 is 0 Å². The van der Waals surface area contributed by atoms with E-state index in [1.54, 1.807) is 18.3 Å². The molecule has 2 atom stereocenters. The monoisotopic (exact) mass is 286 g/mol. The molecule has 5 nitrogen and oxygen atoms in total. The fourth-order valence-electron chi connectivity index (χ4n) is 2.93. The second-order valence-electron chi connectivity index (χ2n) is 5.16. The molecule has 21 heavy (non-hydrogen) atoms. The molecular formula is C15H15FN4O. The zero-order chi connectivity index (χ0) is 14.8. The van der Waals surface area contributed by atoms with E-state index in [1.165, 1.54) is 12.3 Å². The molecule has 1 heterocycles. The van der Waals surface area contributed by atoms with E-state index in [-0.39, 0.29) is 23.6 Å². The van der Waals surface area contributed by atoms with E-state index in [0.717, 1.165) is 11.3 Å². The van der Waals surface area contributed by atoms with Gasteiger partial charge in [-0.05, 0) is 30.4 Å². The van der Waals surface area contributed by atoms with Crippen molar-refractivity contribution in [1.82, 2.24) is 9.97 Å². The maximum Gasteiger partial charge on any atom is 0.220 e. The summed E-state index contributed by atoms with van der Waals surface area (Å²) in [7, 11) is 0. The first-order chi connectivity index (χ1) is 10.2. The number of nitrogen functional groups attached to an aromatic ring is 1. The number of benzene rings is 1. The molecule has 0 amide bonds. The van der Waals surface area contributed by atoms with E-state index in [1.807, 2.05) is 6.07 Å². The Morgan fingerprint density at radius 2 is 2.14 bits per heavy atom. The van der Waals surface area contributed by atoms with Crippen molar-refractivity contribution in [2.45, 2.75) is 24.7 Å². The van der Waals surface area contributed by atoms with Crippen molar-refractivity contribution in [3.05, 3.63) is 53.1 Å². The van der Waals surface area contributed by atoms with Crippen LogP contribution in [0.1, 0.15) is 35.1 Å². The van der Waals surface area contributed by atoms with Crippen molar-refractivity contribution < 1.29 is 9.60 Å². The molecule has 1 aromatic carbocycles. The quantitative estimate of drug-likeness (QED) is 0.504. The molecule has 2 unspecified atom stereocenters. The summed E-state index contributed by atoms with van der Waals surface area (Å²) >= 11 is 0. The first kappa shape index (κ1) is 13.5. The van der Waals surface area contributed by atoms with Crippen LogP contribution in [0.25, 0.3) is 0 Å². The highest BCUT2D eigenvalue weighted by atomic mass is 19.1. The molecule has 6 heteroatoms. The van der Waals surface area contributed by atoms with Crippen LogP contribution in [-0.4, -0.2) is 21.4 Å². The minimum Gasteiger partial charge on any atom is -0.411 e. The molecule has 0 saturated carbocycles. The van der Waals surface area contributed by atoms with Crippen molar-refractivity contribution in [1.29, 1.82) is 0 Å². The lowest BCUT2D eigenvalue weighted by atomic mass is 9.77. The van der Waals surface area contributed by atoms with Crippen LogP contribution in [0, 0.1) is 5.82 Å². The van der Waals surface area contributed by atoms with E-state index in [0.29, 0.717) is 18.4 Å². The maximum atomic E-state index is 14.0. The van der Waals surface area contributed by atoms with E-state index in [9.17, 15) is 4.39 Å². The van der Waals surface area contributed by atoms with Crippen LogP contribution in [0.3, 0.4) is 0 Å². The summed E-state index contributed by atoms with van der Waals surface area (Å²) in [6.45, 7) is 0. The van der Waals surface area contributed by atoms with Gasteiger partial charge in [-0.1, -0.05) is 18.2 Å². The molecule has 0 aliphatic heterocycles. The lowest BCUT2D eigenvalue weighted by Gasteiger charge is -2.28. The van der Waals surface area contributed by atoms with E-state index in [4.69, 9.17) is 10.9 Å². The Kier molecular flexibility index (Phi) is 3.51. The number of rotatable bonds is 2. The molecule has 108 valence electrons. The van der Waals surface area contributed by atoms with Crippen molar-refractivity contribution in [2.24, 2.45) is 5.16 Å². The van der Waals surface area contributed by atoms with Crippen molar-refractivity contribution >= 4 is 12.2 Å². The fraction of sp³-hybridized carbons (Fsp3) is 0.267. The van der Waals surface area contributed by atoms with Gasteiger partial charge in [0.05, 0.1) is 11.9 Å². The summed E-state index contributed by atoms with van der Waals surface area (Å²) in [5.74, 6) is -0.213. The highest BCUT2D eigenvalue weighted by molar-refractivity contribution is 5.68. The average molecular weight is 286 g/mol. The van der Waals surface area contributed by atoms with Crippen LogP contribution in [0.2, 0.25) is 0 Å². The smallest absolute Gasteiger partial charge is 0.220 e. The van der Waals surface area contributed by atoms with Gasteiger partial charge in [-0.3, -0.25) is 0 Å². The highest BCUT2D eigenvalue weighted by Gasteiger charge is 2.30. The van der Waals surface area contributed by atoms with Crippen molar-refractivity contribution in [3.63, 3.8) is 0 Å². The molecule has 0 saturated heterocycles. The Hall–Kier alpha value is -2.50. The number of nitrogens with two attached hydrogens (primary N) is 1. The summed E-state index contributed by atoms with van der Waals surface area (Å²) in [5.41, 5.74) is 7.95. The lowest BCUT2D eigenvalue weighted by molar-refractivity contribution is 0.318. The molecule has 0 spiro atoms. The summed E-state index contributed by atoms with van der Waals surface area (Å²) in [4.78, 5) is 8.24. The molecule has 0 fully saturated rings. The minimum atomic E-state index is -0.229. The van der Waals surface area contributed by atoms with Crippen molar-refractivity contribution in [2.75, 3.05) is 5.73 Å². The average Bonchev–Trinajstić information content (AvgIpc) is 2.47. The first-order valence-corrected chi connectivity index (χ1v) is 6.72. The molecule has 0 radical (unpaired) electrons. The molecule has 3 N–H and O–H groups in total. The number of anilines is 1. The van der Waals surface area contributed by atoms with Crippen LogP contribution in [-0.2, 0) is 6.42 Å². The van der Waals surface area contributed by atoms with Crippen LogP contribution >= 0.6 is 0 Å². The van der Waals surface area contributed by atoms with Crippen LogP contribution in [0.4, 0.5) is 10.3 Å². The highest BCUT2D eigenvalue weighted by Crippen LogP contribution is 2.39. The zero-order valence-electron chi connectivity index (χ0n) is 11.3. The topological polar surface area (TPSA) is 84.4 Å². The predicted octanol–water partition coefficient (Wildman–Crippen LogP) is 2.47. The lowest BCUT2D eigenvalue weighted by Crippen LogP contribution is -2.21. The van der Waals surface area contributed by atoms with E-state index in [2.05, 4.69) is 15.1 Å². The Bertz CT molecular complexity index is 689. The third-order valence-electron chi connectivity index (χ3n) is 3.89. The molecule has 3 rings (SSSR count). The number of halogens is 1. The number of hydrogen-bond donors (Lipinski definition) is 2. The van der Waals surface area contributed by atoms with Crippen LogP contribution in [0.15, 0.2) is 35.6 Å². The van der Waals surface area contributed by atoms with Gasteiger partial charge in [0.2, 0.25) is 5.95 Å². The van der Waals surface area contributed by atoms with Gasteiger partial charge in [0.25, 0.3) is 0 Å². The third-order valence-corrected chi connectivity index (χ3v) is 3.89. The summed E-state index contributed by atoms with van der Waals surface area (Å²) in [6, 6.07) is 6.72. The van der Waals surface area contributed by atoms with Crippen LogP contribution < -0.4 is 5.73 Å². The second-order valence-corrected chi connectivity index (χ2v) is 5.16. The van der Waals surface area contributed by atoms with Gasteiger partial charge >= 0.3 is 0 Å². The number of fused-ring (bicyclic) bond motifs is 1. The van der Waals surface area contributed by atoms with Crippen molar-refractivity contribution in [3.8, 4) is 0 Å². The zero-order valence-corrected chi connectivity index (χ0v) is 11.3. The SMILES string of the molecule is Nc1ncc2c(n1)CC(c1ccccc1F)CC2C=NO. The predicted molar refractivity (Wildman–Crippen MR) is 76.9 cm³/mol. The molecular weight excluding hydrogens is 271 g/mol. The van der Waals surface area contributed by atoms with Gasteiger partial charge in [-0.15, -0.1) is 5.16 Å². The largest absolute Gasteiger partial charge is 0.411 e. The van der Waals surface area contributed by atoms with Gasteiger partial charge < -0.3 is 10.9 Å². The molecule has 0 bridgehead atoms. The van der Waals surface area contributed by atoms with Gasteiger partial charge in [-0.2, -0.15) is 0 Å². The van der Waals surface area contributed by atoms with Crippen LogP contribution in [0.5, 0.6) is 0 Å². The Morgan fingerprint density at radius 1 is 1.33 bits per heavy atom. The summed E-state index contributed by atoms with van der Waals surface area (Å²) in [6.07, 6.45) is 4.33. The molecule has 1 aromatic heterocycles. The number of nitrogens with zero attached hydrogens (tertiary/aromatic N) is 3. The first-order valence-electron chi connectivity index (χ1n) is 6.72. The Labute approximate surface area is 121 Å². The Morgan fingerprint density at radius 3 is 2.90 bits per heavy atom. The summed E-state index contributed by atoms with van der Waals surface area (Å²) < 4.78 is 14.0. The van der Waals surface area contributed by atoms with Gasteiger partial charge in [0.1, 0.15) is 5.82 Å². The third kappa shape index (κ3) is 2.56. The molecule has 1 aliphatic rings. The number of oxime groups is 1. The standard InChI is InChI=1S/C15H15FN4O/c16-13-4-2-1-3-11(13)9-5-10(7-19-21)12-8-18-15(17)20-14(12)6-9/h1-4,7-10,21H,5-6H2,(H2,17,18,20). The summed E-state index contributed by atoms with van der Waals surface area (Å²) in [5, 5.41) is 12.0. The molecule has 2 aromatic rings.